The van der Waals surface area contributed by atoms with E-state index in [-0.39, 0.29) is 23.7 Å². The minimum absolute atomic E-state index is 0.00959. The molecule has 28 heavy (non-hydrogen) atoms. The standard InChI is InChI=1S/C23H28FNO3/c1-5-15(6-2)23(26)25-12-11-17-13-20(27-3)21(28-4)14-19(17)22(25)16-7-9-18(24)10-8-16/h7-10,13-15,22H,5-6,11-12H2,1-4H3. The molecule has 150 valence electrons. The minimum atomic E-state index is -0.287. The Morgan fingerprint density at radius 2 is 1.71 bits per heavy atom. The van der Waals surface area contributed by atoms with Gasteiger partial charge in [0.25, 0.3) is 0 Å². The third kappa shape index (κ3) is 3.71. The van der Waals surface area contributed by atoms with Crippen LogP contribution >= 0.6 is 0 Å². The van der Waals surface area contributed by atoms with Crippen LogP contribution in [-0.4, -0.2) is 31.6 Å². The number of carbonyl (C=O) groups is 1. The van der Waals surface area contributed by atoms with Gasteiger partial charge in [0.2, 0.25) is 5.91 Å². The molecule has 5 heteroatoms. The van der Waals surface area contributed by atoms with Crippen molar-refractivity contribution in [2.45, 2.75) is 39.2 Å². The molecule has 0 fully saturated rings. The van der Waals surface area contributed by atoms with Crippen LogP contribution < -0.4 is 9.47 Å². The second-order valence-corrected chi connectivity index (χ2v) is 7.16. The van der Waals surface area contributed by atoms with E-state index in [0.717, 1.165) is 36.0 Å². The molecule has 1 atom stereocenters. The summed E-state index contributed by atoms with van der Waals surface area (Å²) in [5.74, 6) is 1.17. The molecule has 1 aliphatic heterocycles. The van der Waals surface area contributed by atoms with Crippen molar-refractivity contribution in [2.24, 2.45) is 5.92 Å². The number of ether oxygens (including phenoxy) is 2. The molecule has 1 aliphatic rings. The molecule has 0 saturated carbocycles. The number of hydrogen-bond donors (Lipinski definition) is 0. The predicted molar refractivity (Wildman–Crippen MR) is 107 cm³/mol. The summed E-state index contributed by atoms with van der Waals surface area (Å²) < 4.78 is 24.5. The number of rotatable bonds is 6. The molecule has 0 aromatic heterocycles. The Balaban J connectivity index is 2.13. The van der Waals surface area contributed by atoms with E-state index in [9.17, 15) is 9.18 Å². The van der Waals surface area contributed by atoms with Crippen LogP contribution in [-0.2, 0) is 11.2 Å². The first-order valence-electron chi connectivity index (χ1n) is 9.84. The van der Waals surface area contributed by atoms with E-state index in [2.05, 4.69) is 0 Å². The first kappa shape index (κ1) is 20.2. The van der Waals surface area contributed by atoms with Crippen LogP contribution in [0, 0.1) is 11.7 Å². The highest BCUT2D eigenvalue weighted by molar-refractivity contribution is 5.80. The molecular weight excluding hydrogens is 357 g/mol. The summed E-state index contributed by atoms with van der Waals surface area (Å²) in [5, 5.41) is 0. The van der Waals surface area contributed by atoms with Gasteiger partial charge in [-0.3, -0.25) is 4.79 Å². The fourth-order valence-corrected chi connectivity index (χ4v) is 4.06. The highest BCUT2D eigenvalue weighted by Crippen LogP contribution is 2.41. The lowest BCUT2D eigenvalue weighted by Gasteiger charge is -2.39. The molecule has 1 amide bonds. The number of methoxy groups -OCH3 is 2. The molecular formula is C23H28FNO3. The second kappa shape index (κ2) is 8.63. The van der Waals surface area contributed by atoms with Gasteiger partial charge in [0, 0.05) is 12.5 Å². The van der Waals surface area contributed by atoms with Crippen LogP contribution in [0.2, 0.25) is 0 Å². The second-order valence-electron chi connectivity index (χ2n) is 7.16. The Hall–Kier alpha value is -2.56. The highest BCUT2D eigenvalue weighted by Gasteiger charge is 2.35. The summed E-state index contributed by atoms with van der Waals surface area (Å²) in [5.41, 5.74) is 3.03. The first-order chi connectivity index (χ1) is 13.5. The van der Waals surface area contributed by atoms with Gasteiger partial charge >= 0.3 is 0 Å². The summed E-state index contributed by atoms with van der Waals surface area (Å²) in [6.45, 7) is 4.72. The smallest absolute Gasteiger partial charge is 0.226 e. The van der Waals surface area contributed by atoms with Gasteiger partial charge in [0.05, 0.1) is 20.3 Å². The minimum Gasteiger partial charge on any atom is -0.493 e. The van der Waals surface area contributed by atoms with Crippen LogP contribution in [0.3, 0.4) is 0 Å². The van der Waals surface area contributed by atoms with Crippen molar-refractivity contribution in [1.82, 2.24) is 4.90 Å². The molecule has 3 rings (SSSR count). The zero-order valence-electron chi connectivity index (χ0n) is 17.0. The number of benzene rings is 2. The maximum Gasteiger partial charge on any atom is 0.226 e. The zero-order chi connectivity index (χ0) is 20.3. The van der Waals surface area contributed by atoms with Crippen molar-refractivity contribution in [3.63, 3.8) is 0 Å². The van der Waals surface area contributed by atoms with E-state index in [4.69, 9.17) is 9.47 Å². The molecule has 0 bridgehead atoms. The number of nitrogens with zero attached hydrogens (tertiary/aromatic N) is 1. The van der Waals surface area contributed by atoms with Gasteiger partial charge in [-0.15, -0.1) is 0 Å². The molecule has 4 nitrogen and oxygen atoms in total. The molecule has 2 aromatic rings. The number of carbonyl (C=O) groups excluding carboxylic acids is 1. The van der Waals surface area contributed by atoms with Crippen molar-refractivity contribution >= 4 is 5.91 Å². The van der Waals surface area contributed by atoms with Crippen LogP contribution in [0.25, 0.3) is 0 Å². The van der Waals surface area contributed by atoms with E-state index >= 15 is 0 Å². The van der Waals surface area contributed by atoms with E-state index in [1.165, 1.54) is 12.1 Å². The van der Waals surface area contributed by atoms with Crippen molar-refractivity contribution < 1.29 is 18.7 Å². The zero-order valence-corrected chi connectivity index (χ0v) is 17.0. The Morgan fingerprint density at radius 1 is 1.11 bits per heavy atom. The largest absolute Gasteiger partial charge is 0.493 e. The van der Waals surface area contributed by atoms with Crippen molar-refractivity contribution in [2.75, 3.05) is 20.8 Å². The topological polar surface area (TPSA) is 38.8 Å². The molecule has 0 saturated heterocycles. The SMILES string of the molecule is CCC(CC)C(=O)N1CCc2cc(OC)c(OC)cc2C1c1ccc(F)cc1. The summed E-state index contributed by atoms with van der Waals surface area (Å²) in [6, 6.07) is 10.1. The van der Waals surface area contributed by atoms with Gasteiger partial charge in [-0.25, -0.2) is 4.39 Å². The normalized spacial score (nSPS) is 16.1. The Kier molecular flexibility index (Phi) is 6.22. The molecule has 1 heterocycles. The number of hydrogen-bond acceptors (Lipinski definition) is 3. The van der Waals surface area contributed by atoms with E-state index in [1.807, 2.05) is 30.9 Å². The van der Waals surface area contributed by atoms with Crippen molar-refractivity contribution in [3.8, 4) is 11.5 Å². The van der Waals surface area contributed by atoms with Gasteiger partial charge in [-0.2, -0.15) is 0 Å². The maximum atomic E-state index is 13.5. The number of fused-ring (bicyclic) bond motifs is 1. The molecule has 0 radical (unpaired) electrons. The van der Waals surface area contributed by atoms with Crippen molar-refractivity contribution in [1.29, 1.82) is 0 Å². The van der Waals surface area contributed by atoms with Gasteiger partial charge < -0.3 is 14.4 Å². The number of amides is 1. The molecule has 0 N–H and O–H groups in total. The van der Waals surface area contributed by atoms with Gasteiger partial charge in [0.15, 0.2) is 11.5 Å². The summed E-state index contributed by atoms with van der Waals surface area (Å²) in [6.07, 6.45) is 2.36. The van der Waals surface area contributed by atoms with E-state index in [0.29, 0.717) is 18.0 Å². The monoisotopic (exact) mass is 385 g/mol. The van der Waals surface area contributed by atoms with E-state index in [1.54, 1.807) is 26.4 Å². The fraction of sp³-hybridized carbons (Fsp3) is 0.435. The quantitative estimate of drug-likeness (QED) is 0.720. The van der Waals surface area contributed by atoms with Crippen molar-refractivity contribution in [3.05, 3.63) is 58.9 Å². The highest BCUT2D eigenvalue weighted by atomic mass is 19.1. The third-order valence-electron chi connectivity index (χ3n) is 5.68. The average Bonchev–Trinajstić information content (AvgIpc) is 2.73. The Morgan fingerprint density at radius 3 is 2.29 bits per heavy atom. The lowest BCUT2D eigenvalue weighted by atomic mass is 9.86. The van der Waals surface area contributed by atoms with Crippen LogP contribution in [0.1, 0.15) is 49.4 Å². The van der Waals surface area contributed by atoms with Gasteiger partial charge in [-0.1, -0.05) is 26.0 Å². The maximum absolute atomic E-state index is 13.5. The summed E-state index contributed by atoms with van der Waals surface area (Å²) in [7, 11) is 3.22. The predicted octanol–water partition coefficient (Wildman–Crippen LogP) is 4.75. The average molecular weight is 385 g/mol. The van der Waals surface area contributed by atoms with E-state index < -0.39 is 0 Å². The number of halogens is 1. The fourth-order valence-electron chi connectivity index (χ4n) is 4.06. The first-order valence-corrected chi connectivity index (χ1v) is 9.84. The lowest BCUT2D eigenvalue weighted by molar-refractivity contribution is -0.137. The Labute approximate surface area is 166 Å². The van der Waals surface area contributed by atoms with Crippen LogP contribution in [0.4, 0.5) is 4.39 Å². The molecule has 0 spiro atoms. The third-order valence-corrected chi connectivity index (χ3v) is 5.68. The van der Waals surface area contributed by atoms with Gasteiger partial charge in [-0.05, 0) is 60.2 Å². The van der Waals surface area contributed by atoms with Crippen LogP contribution in [0.15, 0.2) is 36.4 Å². The summed E-state index contributed by atoms with van der Waals surface area (Å²) in [4.78, 5) is 15.2. The Bertz CT molecular complexity index is 830. The molecule has 1 unspecified atom stereocenters. The lowest BCUT2D eigenvalue weighted by Crippen LogP contribution is -2.43. The molecule has 0 aliphatic carbocycles. The van der Waals surface area contributed by atoms with Gasteiger partial charge in [0.1, 0.15) is 5.82 Å². The summed E-state index contributed by atoms with van der Waals surface area (Å²) >= 11 is 0. The molecule has 2 aromatic carbocycles. The van der Waals surface area contributed by atoms with Crippen LogP contribution in [0.5, 0.6) is 11.5 Å².